The Morgan fingerprint density at radius 3 is 2.71 bits per heavy atom. The first-order valence-electron chi connectivity index (χ1n) is 8.75. The smallest absolute Gasteiger partial charge is 0.409 e. The molecule has 0 atom stereocenters. The van der Waals surface area contributed by atoms with Crippen molar-refractivity contribution in [1.29, 1.82) is 0 Å². The topological polar surface area (TPSA) is 79.4 Å². The van der Waals surface area contributed by atoms with Crippen LogP contribution >= 0.6 is 0 Å². The fourth-order valence-electron chi connectivity index (χ4n) is 2.65. The SMILES string of the molecule is CCOC(=O)N1CCC(Nc2cc(C)nc(NCC(C)C)n2)CC1. The summed E-state index contributed by atoms with van der Waals surface area (Å²) in [5, 5.41) is 6.74. The first-order chi connectivity index (χ1) is 11.5. The van der Waals surface area contributed by atoms with E-state index in [2.05, 4.69) is 34.4 Å². The van der Waals surface area contributed by atoms with E-state index in [0.717, 1.165) is 30.9 Å². The fraction of sp³-hybridized carbons (Fsp3) is 0.706. The molecular weight excluding hydrogens is 306 g/mol. The molecule has 0 aliphatic carbocycles. The zero-order valence-corrected chi connectivity index (χ0v) is 15.1. The van der Waals surface area contributed by atoms with Crippen LogP contribution in [0.1, 0.15) is 39.3 Å². The Hall–Kier alpha value is -2.05. The van der Waals surface area contributed by atoms with Gasteiger partial charge in [0.2, 0.25) is 5.95 Å². The van der Waals surface area contributed by atoms with Crippen LogP contribution in [-0.2, 0) is 4.74 Å². The average Bonchev–Trinajstić information content (AvgIpc) is 2.53. The molecule has 1 aliphatic heterocycles. The first-order valence-corrected chi connectivity index (χ1v) is 8.75. The summed E-state index contributed by atoms with van der Waals surface area (Å²) in [5.41, 5.74) is 0.933. The Morgan fingerprint density at radius 1 is 1.38 bits per heavy atom. The van der Waals surface area contributed by atoms with E-state index in [1.165, 1.54) is 0 Å². The monoisotopic (exact) mass is 335 g/mol. The molecule has 2 heterocycles. The van der Waals surface area contributed by atoms with Crippen molar-refractivity contribution in [2.45, 2.75) is 46.6 Å². The quantitative estimate of drug-likeness (QED) is 0.832. The number of amides is 1. The molecule has 7 heteroatoms. The van der Waals surface area contributed by atoms with Gasteiger partial charge in [-0.25, -0.2) is 9.78 Å². The minimum absolute atomic E-state index is 0.214. The number of hydrogen-bond donors (Lipinski definition) is 2. The molecule has 0 bridgehead atoms. The van der Waals surface area contributed by atoms with Gasteiger partial charge in [-0.3, -0.25) is 0 Å². The number of likely N-dealkylation sites (tertiary alicyclic amines) is 1. The highest BCUT2D eigenvalue weighted by atomic mass is 16.6. The molecule has 1 amide bonds. The molecule has 1 fully saturated rings. The normalized spacial score (nSPS) is 15.5. The molecule has 1 saturated heterocycles. The van der Waals surface area contributed by atoms with E-state index in [4.69, 9.17) is 4.74 Å². The van der Waals surface area contributed by atoms with Crippen LogP contribution in [0.15, 0.2) is 6.07 Å². The highest BCUT2D eigenvalue weighted by Gasteiger charge is 2.23. The van der Waals surface area contributed by atoms with Crippen LogP contribution in [0, 0.1) is 12.8 Å². The number of piperidine rings is 1. The van der Waals surface area contributed by atoms with Gasteiger partial charge in [-0.15, -0.1) is 0 Å². The van der Waals surface area contributed by atoms with Gasteiger partial charge in [-0.2, -0.15) is 4.98 Å². The second-order valence-electron chi connectivity index (χ2n) is 6.60. The van der Waals surface area contributed by atoms with Gasteiger partial charge >= 0.3 is 6.09 Å². The third kappa shape index (κ3) is 5.54. The largest absolute Gasteiger partial charge is 0.450 e. The Morgan fingerprint density at radius 2 is 2.08 bits per heavy atom. The summed E-state index contributed by atoms with van der Waals surface area (Å²) in [6.45, 7) is 10.8. The van der Waals surface area contributed by atoms with Gasteiger partial charge in [0.05, 0.1) is 6.61 Å². The van der Waals surface area contributed by atoms with Crippen molar-refractivity contribution in [3.8, 4) is 0 Å². The molecule has 134 valence electrons. The van der Waals surface area contributed by atoms with Crippen molar-refractivity contribution in [3.05, 3.63) is 11.8 Å². The summed E-state index contributed by atoms with van der Waals surface area (Å²) in [6.07, 6.45) is 1.56. The van der Waals surface area contributed by atoms with Gasteiger partial charge in [0.15, 0.2) is 0 Å². The van der Waals surface area contributed by atoms with Crippen molar-refractivity contribution in [2.24, 2.45) is 5.92 Å². The van der Waals surface area contributed by atoms with E-state index < -0.39 is 0 Å². The summed E-state index contributed by atoms with van der Waals surface area (Å²) in [6, 6.07) is 2.26. The minimum atomic E-state index is -0.214. The summed E-state index contributed by atoms with van der Waals surface area (Å²) in [4.78, 5) is 22.5. The second-order valence-corrected chi connectivity index (χ2v) is 6.60. The number of nitrogens with one attached hydrogen (secondary N) is 2. The van der Waals surface area contributed by atoms with Gasteiger partial charge < -0.3 is 20.3 Å². The van der Waals surface area contributed by atoms with Gasteiger partial charge in [-0.05, 0) is 32.6 Å². The number of anilines is 2. The predicted octanol–water partition coefficient (Wildman–Crippen LogP) is 2.89. The van der Waals surface area contributed by atoms with Crippen LogP contribution in [0.5, 0.6) is 0 Å². The molecule has 1 aliphatic rings. The highest BCUT2D eigenvalue weighted by Crippen LogP contribution is 2.17. The number of hydrogen-bond acceptors (Lipinski definition) is 6. The van der Waals surface area contributed by atoms with E-state index in [-0.39, 0.29) is 6.09 Å². The van der Waals surface area contributed by atoms with E-state index in [1.54, 1.807) is 4.90 Å². The second kappa shape index (κ2) is 8.70. The summed E-state index contributed by atoms with van der Waals surface area (Å²) < 4.78 is 5.05. The lowest BCUT2D eigenvalue weighted by Crippen LogP contribution is -2.42. The lowest BCUT2D eigenvalue weighted by molar-refractivity contribution is 0.0983. The highest BCUT2D eigenvalue weighted by molar-refractivity contribution is 5.67. The zero-order chi connectivity index (χ0) is 17.5. The lowest BCUT2D eigenvalue weighted by atomic mass is 10.1. The van der Waals surface area contributed by atoms with Crippen LogP contribution in [0.4, 0.5) is 16.6 Å². The van der Waals surface area contributed by atoms with Crippen LogP contribution in [-0.4, -0.2) is 53.2 Å². The summed E-state index contributed by atoms with van der Waals surface area (Å²) in [5.74, 6) is 2.04. The number of ether oxygens (including phenoxy) is 1. The standard InChI is InChI=1S/C17H29N5O2/c1-5-24-17(23)22-8-6-14(7-9-22)20-15-10-13(4)19-16(21-15)18-11-12(2)3/h10,12,14H,5-9,11H2,1-4H3,(H2,18,19,20,21). The molecule has 2 rings (SSSR count). The van der Waals surface area contributed by atoms with Crippen molar-refractivity contribution < 1.29 is 9.53 Å². The average molecular weight is 335 g/mol. The zero-order valence-electron chi connectivity index (χ0n) is 15.1. The maximum atomic E-state index is 11.7. The molecule has 7 nitrogen and oxygen atoms in total. The third-order valence-electron chi connectivity index (χ3n) is 3.90. The maximum Gasteiger partial charge on any atom is 0.409 e. The Balaban J connectivity index is 1.89. The predicted molar refractivity (Wildman–Crippen MR) is 95.3 cm³/mol. The van der Waals surface area contributed by atoms with Crippen LogP contribution in [0.2, 0.25) is 0 Å². The maximum absolute atomic E-state index is 11.7. The minimum Gasteiger partial charge on any atom is -0.450 e. The number of rotatable bonds is 6. The van der Waals surface area contributed by atoms with Gasteiger partial charge in [0.25, 0.3) is 0 Å². The fourth-order valence-corrected chi connectivity index (χ4v) is 2.65. The molecule has 2 N–H and O–H groups in total. The molecule has 0 aromatic carbocycles. The number of aromatic nitrogens is 2. The summed E-state index contributed by atoms with van der Waals surface area (Å²) >= 11 is 0. The molecule has 1 aromatic heterocycles. The van der Waals surface area contributed by atoms with Crippen molar-refractivity contribution in [3.63, 3.8) is 0 Å². The molecule has 24 heavy (non-hydrogen) atoms. The van der Waals surface area contributed by atoms with Crippen molar-refractivity contribution in [2.75, 3.05) is 36.9 Å². The Bertz CT molecular complexity index is 542. The number of carbonyl (C=O) groups excluding carboxylic acids is 1. The van der Waals surface area contributed by atoms with Crippen molar-refractivity contribution in [1.82, 2.24) is 14.9 Å². The molecule has 0 unspecified atom stereocenters. The molecule has 0 spiro atoms. The number of carbonyl (C=O) groups is 1. The molecule has 0 radical (unpaired) electrons. The number of nitrogens with zero attached hydrogens (tertiary/aromatic N) is 3. The van der Waals surface area contributed by atoms with E-state index in [9.17, 15) is 4.79 Å². The van der Waals surface area contributed by atoms with Crippen LogP contribution < -0.4 is 10.6 Å². The van der Waals surface area contributed by atoms with Gasteiger partial charge in [-0.1, -0.05) is 13.8 Å². The van der Waals surface area contributed by atoms with E-state index in [0.29, 0.717) is 37.6 Å². The molecule has 1 aromatic rings. The van der Waals surface area contributed by atoms with Gasteiger partial charge in [0.1, 0.15) is 5.82 Å². The molecule has 0 saturated carbocycles. The third-order valence-corrected chi connectivity index (χ3v) is 3.90. The molecular formula is C17H29N5O2. The van der Waals surface area contributed by atoms with Crippen molar-refractivity contribution >= 4 is 17.9 Å². The lowest BCUT2D eigenvalue weighted by Gasteiger charge is -2.31. The van der Waals surface area contributed by atoms with Gasteiger partial charge in [0, 0.05) is 37.4 Å². The first kappa shape index (κ1) is 18.3. The van der Waals surface area contributed by atoms with Crippen LogP contribution in [0.3, 0.4) is 0 Å². The Labute approximate surface area is 144 Å². The Kier molecular flexibility index (Phi) is 6.63. The number of aryl methyl sites for hydroxylation is 1. The van der Waals surface area contributed by atoms with Crippen LogP contribution in [0.25, 0.3) is 0 Å². The van der Waals surface area contributed by atoms with E-state index >= 15 is 0 Å². The summed E-state index contributed by atoms with van der Waals surface area (Å²) in [7, 11) is 0. The van der Waals surface area contributed by atoms with E-state index in [1.807, 2.05) is 19.9 Å².